The minimum Gasteiger partial charge on any atom is -0.316 e. The molecule has 0 radical (unpaired) electrons. The second kappa shape index (κ2) is 8.34. The number of halogens is 2. The van der Waals surface area contributed by atoms with Gasteiger partial charge in [-0.25, -0.2) is 0 Å². The van der Waals surface area contributed by atoms with E-state index < -0.39 is 0 Å². The molecule has 0 spiro atoms. The average molecular weight is 377 g/mol. The summed E-state index contributed by atoms with van der Waals surface area (Å²) in [5, 5.41) is 3.49. The van der Waals surface area contributed by atoms with Gasteiger partial charge in [0.1, 0.15) is 0 Å². The number of nitrogens with one attached hydrogen (secondary N) is 1. The SMILES string of the molecule is Cc1cc(Br)c(CCCCNCC(C)C)cc1Br. The van der Waals surface area contributed by atoms with Gasteiger partial charge in [0.25, 0.3) is 0 Å². The zero-order chi connectivity index (χ0) is 13.5. The number of benzene rings is 1. The summed E-state index contributed by atoms with van der Waals surface area (Å²) in [7, 11) is 0. The van der Waals surface area contributed by atoms with Crippen molar-refractivity contribution in [2.75, 3.05) is 13.1 Å². The lowest BCUT2D eigenvalue weighted by atomic mass is 10.1. The van der Waals surface area contributed by atoms with Crippen molar-refractivity contribution in [2.45, 2.75) is 40.0 Å². The van der Waals surface area contributed by atoms with Crippen LogP contribution in [0.25, 0.3) is 0 Å². The van der Waals surface area contributed by atoms with Crippen molar-refractivity contribution < 1.29 is 0 Å². The van der Waals surface area contributed by atoms with Crippen molar-refractivity contribution in [1.82, 2.24) is 5.32 Å². The maximum absolute atomic E-state index is 3.65. The number of hydrogen-bond donors (Lipinski definition) is 1. The van der Waals surface area contributed by atoms with Crippen LogP contribution in [0.2, 0.25) is 0 Å². The highest BCUT2D eigenvalue weighted by atomic mass is 79.9. The van der Waals surface area contributed by atoms with E-state index in [1.807, 2.05) is 0 Å². The lowest BCUT2D eigenvalue weighted by molar-refractivity contribution is 0.535. The average Bonchev–Trinajstić information content (AvgIpc) is 2.29. The third kappa shape index (κ3) is 5.85. The van der Waals surface area contributed by atoms with Gasteiger partial charge in [-0.2, -0.15) is 0 Å². The molecule has 0 unspecified atom stereocenters. The van der Waals surface area contributed by atoms with E-state index in [1.54, 1.807) is 0 Å². The Morgan fingerprint density at radius 2 is 1.83 bits per heavy atom. The van der Waals surface area contributed by atoms with E-state index in [4.69, 9.17) is 0 Å². The second-order valence-electron chi connectivity index (χ2n) is 5.25. The van der Waals surface area contributed by atoms with E-state index in [9.17, 15) is 0 Å². The van der Waals surface area contributed by atoms with Gasteiger partial charge in [-0.1, -0.05) is 45.7 Å². The molecular formula is C15H23Br2N. The molecule has 1 aromatic carbocycles. The van der Waals surface area contributed by atoms with Gasteiger partial charge in [0.15, 0.2) is 0 Å². The highest BCUT2D eigenvalue weighted by molar-refractivity contribution is 9.11. The molecule has 0 saturated carbocycles. The van der Waals surface area contributed by atoms with Crippen molar-refractivity contribution in [1.29, 1.82) is 0 Å². The topological polar surface area (TPSA) is 12.0 Å². The first-order valence-electron chi connectivity index (χ1n) is 6.66. The molecule has 18 heavy (non-hydrogen) atoms. The molecular weight excluding hydrogens is 354 g/mol. The first-order valence-corrected chi connectivity index (χ1v) is 8.24. The van der Waals surface area contributed by atoms with Crippen molar-refractivity contribution in [3.8, 4) is 0 Å². The fourth-order valence-electron chi connectivity index (χ4n) is 1.84. The molecule has 0 aliphatic rings. The summed E-state index contributed by atoms with van der Waals surface area (Å²) in [6, 6.07) is 4.43. The number of unbranched alkanes of at least 4 members (excludes halogenated alkanes) is 1. The predicted molar refractivity (Wildman–Crippen MR) is 87.2 cm³/mol. The van der Waals surface area contributed by atoms with Gasteiger partial charge in [-0.15, -0.1) is 0 Å². The van der Waals surface area contributed by atoms with Crippen LogP contribution in [0.3, 0.4) is 0 Å². The van der Waals surface area contributed by atoms with Gasteiger partial charge >= 0.3 is 0 Å². The highest BCUT2D eigenvalue weighted by Gasteiger charge is 2.04. The predicted octanol–water partition coefficient (Wildman–Crippen LogP) is 5.09. The van der Waals surface area contributed by atoms with Gasteiger partial charge in [0, 0.05) is 8.95 Å². The summed E-state index contributed by atoms with van der Waals surface area (Å²) in [5.41, 5.74) is 2.68. The van der Waals surface area contributed by atoms with Crippen molar-refractivity contribution in [3.05, 3.63) is 32.2 Å². The molecule has 0 amide bonds. The standard InChI is InChI=1S/C15H23Br2N/c1-11(2)10-18-7-5-4-6-13-9-14(16)12(3)8-15(13)17/h8-9,11,18H,4-7,10H2,1-3H3. The molecule has 0 bridgehead atoms. The van der Waals surface area contributed by atoms with Gasteiger partial charge in [-0.05, 0) is 68.5 Å². The zero-order valence-electron chi connectivity index (χ0n) is 11.5. The van der Waals surface area contributed by atoms with E-state index in [0.29, 0.717) is 0 Å². The monoisotopic (exact) mass is 375 g/mol. The zero-order valence-corrected chi connectivity index (χ0v) is 14.7. The van der Waals surface area contributed by atoms with E-state index in [-0.39, 0.29) is 0 Å². The van der Waals surface area contributed by atoms with Crippen LogP contribution in [-0.2, 0) is 6.42 Å². The van der Waals surface area contributed by atoms with Crippen molar-refractivity contribution >= 4 is 31.9 Å². The lowest BCUT2D eigenvalue weighted by Gasteiger charge is -2.09. The van der Waals surface area contributed by atoms with Crippen LogP contribution in [0, 0.1) is 12.8 Å². The molecule has 0 atom stereocenters. The molecule has 0 aliphatic carbocycles. The fraction of sp³-hybridized carbons (Fsp3) is 0.600. The first kappa shape index (κ1) is 16.2. The minimum atomic E-state index is 0.743. The van der Waals surface area contributed by atoms with Gasteiger partial charge in [-0.3, -0.25) is 0 Å². The number of aryl methyl sites for hydroxylation is 2. The summed E-state index contributed by atoms with van der Waals surface area (Å²) >= 11 is 7.24. The van der Waals surface area contributed by atoms with Gasteiger partial charge in [0.2, 0.25) is 0 Å². The molecule has 1 nitrogen and oxygen atoms in total. The molecule has 1 aromatic rings. The van der Waals surface area contributed by atoms with E-state index in [1.165, 1.54) is 32.9 Å². The molecule has 102 valence electrons. The maximum Gasteiger partial charge on any atom is 0.0210 e. The molecule has 3 heteroatoms. The molecule has 0 aliphatic heterocycles. The third-order valence-electron chi connectivity index (χ3n) is 2.93. The summed E-state index contributed by atoms with van der Waals surface area (Å²) in [6.45, 7) is 8.86. The Hall–Kier alpha value is 0.140. The van der Waals surface area contributed by atoms with Crippen LogP contribution in [0.15, 0.2) is 21.1 Å². The molecule has 0 fully saturated rings. The van der Waals surface area contributed by atoms with Crippen LogP contribution in [0.5, 0.6) is 0 Å². The molecule has 1 rings (SSSR count). The van der Waals surface area contributed by atoms with Crippen molar-refractivity contribution in [3.63, 3.8) is 0 Å². The highest BCUT2D eigenvalue weighted by Crippen LogP contribution is 2.26. The second-order valence-corrected chi connectivity index (χ2v) is 6.96. The lowest BCUT2D eigenvalue weighted by Crippen LogP contribution is -2.20. The molecule has 0 aromatic heterocycles. The molecule has 1 N–H and O–H groups in total. The van der Waals surface area contributed by atoms with E-state index in [2.05, 4.69) is 70.1 Å². The summed E-state index contributed by atoms with van der Waals surface area (Å²) in [5.74, 6) is 0.743. The summed E-state index contributed by atoms with van der Waals surface area (Å²) in [4.78, 5) is 0. The Morgan fingerprint density at radius 3 is 2.50 bits per heavy atom. The van der Waals surface area contributed by atoms with Crippen LogP contribution in [0.4, 0.5) is 0 Å². The normalized spacial score (nSPS) is 11.2. The largest absolute Gasteiger partial charge is 0.316 e. The van der Waals surface area contributed by atoms with Gasteiger partial charge in [0.05, 0.1) is 0 Å². The Morgan fingerprint density at radius 1 is 1.11 bits per heavy atom. The number of hydrogen-bond acceptors (Lipinski definition) is 1. The molecule has 0 heterocycles. The molecule has 0 saturated heterocycles. The van der Waals surface area contributed by atoms with Crippen LogP contribution in [0.1, 0.15) is 37.8 Å². The van der Waals surface area contributed by atoms with Gasteiger partial charge < -0.3 is 5.32 Å². The van der Waals surface area contributed by atoms with Crippen molar-refractivity contribution in [2.24, 2.45) is 5.92 Å². The maximum atomic E-state index is 3.65. The number of rotatable bonds is 7. The Kier molecular flexibility index (Phi) is 7.50. The van der Waals surface area contributed by atoms with E-state index >= 15 is 0 Å². The summed E-state index contributed by atoms with van der Waals surface area (Å²) in [6.07, 6.45) is 3.62. The quantitative estimate of drug-likeness (QED) is 0.653. The Balaban J connectivity index is 2.29. The smallest absolute Gasteiger partial charge is 0.0210 e. The van der Waals surface area contributed by atoms with Crippen LogP contribution in [-0.4, -0.2) is 13.1 Å². The fourth-order valence-corrected chi connectivity index (χ4v) is 2.88. The minimum absolute atomic E-state index is 0.743. The summed E-state index contributed by atoms with van der Waals surface area (Å²) < 4.78 is 2.44. The van der Waals surface area contributed by atoms with Crippen LogP contribution < -0.4 is 5.32 Å². The third-order valence-corrected chi connectivity index (χ3v) is 4.52. The van der Waals surface area contributed by atoms with E-state index in [0.717, 1.165) is 25.4 Å². The first-order chi connectivity index (χ1) is 8.50. The van der Waals surface area contributed by atoms with Crippen LogP contribution >= 0.6 is 31.9 Å². The Bertz CT molecular complexity index is 375. The Labute approximate surface area is 128 Å².